The lowest BCUT2D eigenvalue weighted by atomic mass is 9.88. The lowest BCUT2D eigenvalue weighted by Gasteiger charge is -2.33. The number of rotatable bonds is 3. The molecule has 2 aromatic rings. The molecule has 0 aromatic carbocycles. The quantitative estimate of drug-likeness (QED) is 0.854. The number of nitrogens with zero attached hydrogens (tertiary/aromatic N) is 4. The number of likely N-dealkylation sites (tertiary alicyclic amines) is 2. The summed E-state index contributed by atoms with van der Waals surface area (Å²) in [4.78, 5) is 37.3. The van der Waals surface area contributed by atoms with Gasteiger partial charge in [0.05, 0.1) is 5.92 Å². The molecule has 0 radical (unpaired) electrons. The number of fused-ring (bicyclic) bond motifs is 1. The maximum atomic E-state index is 12.9. The largest absolute Gasteiger partial charge is 0.338 e. The van der Waals surface area contributed by atoms with Crippen molar-refractivity contribution in [3.63, 3.8) is 0 Å². The van der Waals surface area contributed by atoms with Crippen molar-refractivity contribution in [2.45, 2.75) is 13.0 Å². The van der Waals surface area contributed by atoms with Crippen LogP contribution in [0.5, 0.6) is 0 Å². The van der Waals surface area contributed by atoms with E-state index in [1.165, 1.54) is 0 Å². The number of carbonyl (C=O) groups is 2. The van der Waals surface area contributed by atoms with Crippen LogP contribution in [0, 0.1) is 11.8 Å². The minimum atomic E-state index is -0.0868. The molecule has 4 heterocycles. The molecule has 2 aromatic heterocycles. The molecular formula is C19H20N4O2. The molecule has 2 aliphatic heterocycles. The van der Waals surface area contributed by atoms with Crippen LogP contribution >= 0.6 is 0 Å². The Morgan fingerprint density at radius 1 is 1.12 bits per heavy atom. The molecule has 6 heteroatoms. The van der Waals surface area contributed by atoms with Gasteiger partial charge in [-0.2, -0.15) is 0 Å². The molecule has 0 bridgehead atoms. The highest BCUT2D eigenvalue weighted by atomic mass is 16.2. The van der Waals surface area contributed by atoms with Gasteiger partial charge in [0.1, 0.15) is 0 Å². The smallest absolute Gasteiger partial charge is 0.253 e. The number of amides is 2. The fourth-order valence-electron chi connectivity index (χ4n) is 3.82. The summed E-state index contributed by atoms with van der Waals surface area (Å²) in [6.45, 7) is 2.51. The van der Waals surface area contributed by atoms with Crippen molar-refractivity contribution in [3.05, 3.63) is 60.2 Å². The third-order valence-electron chi connectivity index (χ3n) is 5.15. The van der Waals surface area contributed by atoms with Crippen LogP contribution in [0.25, 0.3) is 0 Å². The average Bonchev–Trinajstić information content (AvgIpc) is 3.10. The first-order valence-electron chi connectivity index (χ1n) is 8.59. The van der Waals surface area contributed by atoms with E-state index in [1.807, 2.05) is 21.9 Å². The van der Waals surface area contributed by atoms with E-state index in [2.05, 4.69) is 9.97 Å². The van der Waals surface area contributed by atoms with E-state index in [9.17, 15) is 9.59 Å². The van der Waals surface area contributed by atoms with Crippen LogP contribution < -0.4 is 0 Å². The van der Waals surface area contributed by atoms with Gasteiger partial charge in [-0.1, -0.05) is 6.07 Å². The second-order valence-corrected chi connectivity index (χ2v) is 6.72. The van der Waals surface area contributed by atoms with Crippen LogP contribution in [-0.4, -0.2) is 51.2 Å². The Kier molecular flexibility index (Phi) is 4.17. The summed E-state index contributed by atoms with van der Waals surface area (Å²) >= 11 is 0. The predicted molar refractivity (Wildman–Crippen MR) is 91.4 cm³/mol. The number of hydrogen-bond donors (Lipinski definition) is 0. The van der Waals surface area contributed by atoms with E-state index in [4.69, 9.17) is 0 Å². The molecule has 2 aliphatic rings. The van der Waals surface area contributed by atoms with Crippen molar-refractivity contribution in [1.82, 2.24) is 19.8 Å². The van der Waals surface area contributed by atoms with E-state index in [-0.39, 0.29) is 23.7 Å². The number of piperidine rings is 1. The molecule has 128 valence electrons. The topological polar surface area (TPSA) is 66.4 Å². The Morgan fingerprint density at radius 2 is 1.96 bits per heavy atom. The summed E-state index contributed by atoms with van der Waals surface area (Å²) < 4.78 is 0. The molecule has 2 amide bonds. The van der Waals surface area contributed by atoms with Crippen molar-refractivity contribution in [3.8, 4) is 0 Å². The van der Waals surface area contributed by atoms with E-state index < -0.39 is 0 Å². The first kappa shape index (κ1) is 15.7. The molecule has 2 atom stereocenters. The van der Waals surface area contributed by atoms with Crippen molar-refractivity contribution in [1.29, 1.82) is 0 Å². The van der Waals surface area contributed by atoms with Gasteiger partial charge in [-0.15, -0.1) is 0 Å². The third-order valence-corrected chi connectivity index (χ3v) is 5.15. The highest BCUT2D eigenvalue weighted by Crippen LogP contribution is 2.33. The van der Waals surface area contributed by atoms with Gasteiger partial charge < -0.3 is 9.80 Å². The number of pyridine rings is 2. The van der Waals surface area contributed by atoms with Crippen LogP contribution in [-0.2, 0) is 11.3 Å². The summed E-state index contributed by atoms with van der Waals surface area (Å²) in [7, 11) is 0. The highest BCUT2D eigenvalue weighted by Gasteiger charge is 2.44. The van der Waals surface area contributed by atoms with Crippen LogP contribution in [0.15, 0.2) is 49.1 Å². The van der Waals surface area contributed by atoms with Crippen LogP contribution in [0.1, 0.15) is 22.3 Å². The molecule has 25 heavy (non-hydrogen) atoms. The number of hydrogen-bond acceptors (Lipinski definition) is 4. The third kappa shape index (κ3) is 3.12. The Bertz CT molecular complexity index is 766. The Morgan fingerprint density at radius 3 is 2.72 bits per heavy atom. The standard InChI is InChI=1S/C19H20N4O2/c24-18(15-3-7-20-8-4-15)23-12-16-5-9-22(19(25)17(16)13-23)11-14-2-1-6-21-10-14/h1-4,6-8,10,16-17H,5,9,11-13H2/t16-,17-/m1/s1. The minimum absolute atomic E-state index is 0.0107. The van der Waals surface area contributed by atoms with E-state index >= 15 is 0 Å². The molecule has 4 rings (SSSR count). The zero-order valence-corrected chi connectivity index (χ0v) is 13.9. The van der Waals surface area contributed by atoms with Gasteiger partial charge >= 0.3 is 0 Å². The molecule has 0 aliphatic carbocycles. The molecule has 2 saturated heterocycles. The van der Waals surface area contributed by atoms with Gasteiger partial charge in [0, 0.05) is 56.5 Å². The van der Waals surface area contributed by atoms with E-state index in [0.717, 1.165) is 18.5 Å². The van der Waals surface area contributed by atoms with Gasteiger partial charge in [0.25, 0.3) is 5.91 Å². The normalized spacial score (nSPS) is 22.8. The van der Waals surface area contributed by atoms with Crippen LogP contribution in [0.3, 0.4) is 0 Å². The van der Waals surface area contributed by atoms with Crippen molar-refractivity contribution >= 4 is 11.8 Å². The summed E-state index contributed by atoms with van der Waals surface area (Å²) in [6.07, 6.45) is 7.72. The predicted octanol–water partition coefficient (Wildman–Crippen LogP) is 1.60. The van der Waals surface area contributed by atoms with E-state index in [0.29, 0.717) is 25.2 Å². The zero-order valence-electron chi connectivity index (χ0n) is 13.9. The fourth-order valence-corrected chi connectivity index (χ4v) is 3.82. The minimum Gasteiger partial charge on any atom is -0.338 e. The molecular weight excluding hydrogens is 316 g/mol. The fraction of sp³-hybridized carbons (Fsp3) is 0.368. The Labute approximate surface area is 146 Å². The van der Waals surface area contributed by atoms with E-state index in [1.54, 1.807) is 36.9 Å². The second-order valence-electron chi connectivity index (χ2n) is 6.72. The van der Waals surface area contributed by atoms with Gasteiger partial charge in [-0.05, 0) is 36.1 Å². The summed E-state index contributed by atoms with van der Waals surface area (Å²) in [5.41, 5.74) is 1.67. The SMILES string of the molecule is O=C(c1ccncc1)N1C[C@H]2CCN(Cc3cccnc3)C(=O)[C@@H]2C1. The Hall–Kier alpha value is -2.76. The maximum Gasteiger partial charge on any atom is 0.253 e. The number of carbonyl (C=O) groups excluding carboxylic acids is 2. The van der Waals surface area contributed by atoms with Gasteiger partial charge in [-0.25, -0.2) is 0 Å². The highest BCUT2D eigenvalue weighted by molar-refractivity contribution is 5.95. The van der Waals surface area contributed by atoms with Gasteiger partial charge in [-0.3, -0.25) is 19.6 Å². The summed E-state index contributed by atoms with van der Waals surface area (Å²) in [6, 6.07) is 7.32. The average molecular weight is 336 g/mol. The lowest BCUT2D eigenvalue weighted by molar-refractivity contribution is -0.140. The maximum absolute atomic E-state index is 12.9. The number of aromatic nitrogens is 2. The molecule has 0 spiro atoms. The lowest BCUT2D eigenvalue weighted by Crippen LogP contribution is -2.44. The molecule has 2 fully saturated rings. The second kappa shape index (κ2) is 6.63. The van der Waals surface area contributed by atoms with Crippen LogP contribution in [0.2, 0.25) is 0 Å². The summed E-state index contributed by atoms with van der Waals surface area (Å²) in [5.74, 6) is 0.327. The Balaban J connectivity index is 1.44. The van der Waals surface area contributed by atoms with Crippen molar-refractivity contribution < 1.29 is 9.59 Å². The van der Waals surface area contributed by atoms with Gasteiger partial charge in [0.2, 0.25) is 5.91 Å². The van der Waals surface area contributed by atoms with Gasteiger partial charge in [0.15, 0.2) is 0 Å². The monoisotopic (exact) mass is 336 g/mol. The molecule has 6 nitrogen and oxygen atoms in total. The first-order valence-corrected chi connectivity index (χ1v) is 8.59. The zero-order chi connectivity index (χ0) is 17.2. The molecule has 0 saturated carbocycles. The summed E-state index contributed by atoms with van der Waals surface area (Å²) in [5, 5.41) is 0. The molecule has 0 unspecified atom stereocenters. The van der Waals surface area contributed by atoms with Crippen LogP contribution in [0.4, 0.5) is 0 Å². The van der Waals surface area contributed by atoms with Crippen molar-refractivity contribution in [2.75, 3.05) is 19.6 Å². The molecule has 0 N–H and O–H groups in total. The van der Waals surface area contributed by atoms with Crippen molar-refractivity contribution in [2.24, 2.45) is 11.8 Å². The first-order chi connectivity index (χ1) is 12.2.